The van der Waals surface area contributed by atoms with Gasteiger partial charge >= 0.3 is 5.22 Å². The van der Waals surface area contributed by atoms with E-state index < -0.39 is 26.7 Å². The number of aromatic nitrogens is 1. The molecule has 0 spiro atoms. The van der Waals surface area contributed by atoms with E-state index in [9.17, 15) is 13.2 Å². The molecule has 3 rings (SSSR count). The van der Waals surface area contributed by atoms with Gasteiger partial charge in [-0.25, -0.2) is 8.42 Å². The van der Waals surface area contributed by atoms with Gasteiger partial charge in [0, 0.05) is 5.69 Å². The molecule has 22 heavy (non-hydrogen) atoms. The molecule has 2 aromatic carbocycles. The highest BCUT2D eigenvalue weighted by Crippen LogP contribution is 2.19. The second-order valence-corrected chi connectivity index (χ2v) is 6.49. The first-order valence-corrected chi connectivity index (χ1v) is 8.13. The number of benzene rings is 2. The van der Waals surface area contributed by atoms with Gasteiger partial charge in [0.2, 0.25) is 15.7 Å². The van der Waals surface area contributed by atoms with Crippen LogP contribution in [0.3, 0.4) is 0 Å². The number of amides is 1. The number of hydrogen-bond acceptors (Lipinski definition) is 5. The maximum absolute atomic E-state index is 12.2. The summed E-state index contributed by atoms with van der Waals surface area (Å²) in [4.78, 5) is 15.8. The van der Waals surface area contributed by atoms with Gasteiger partial charge in [0.15, 0.2) is 5.58 Å². The van der Waals surface area contributed by atoms with Crippen molar-refractivity contribution in [1.82, 2.24) is 4.98 Å². The second-order valence-electron chi connectivity index (χ2n) is 4.62. The summed E-state index contributed by atoms with van der Waals surface area (Å²) < 4.78 is 29.6. The Hall–Kier alpha value is -2.67. The molecule has 0 atom stereocenters. The number of rotatable bonds is 4. The Morgan fingerprint density at radius 1 is 1.05 bits per heavy atom. The summed E-state index contributed by atoms with van der Waals surface area (Å²) in [6.07, 6.45) is 0. The second kappa shape index (κ2) is 5.61. The molecule has 0 fully saturated rings. The van der Waals surface area contributed by atoms with E-state index >= 15 is 0 Å². The van der Waals surface area contributed by atoms with Crippen molar-refractivity contribution < 1.29 is 17.6 Å². The summed E-state index contributed by atoms with van der Waals surface area (Å²) in [5.41, 5.74) is 1.33. The van der Waals surface area contributed by atoms with Gasteiger partial charge < -0.3 is 9.73 Å². The van der Waals surface area contributed by atoms with Gasteiger partial charge in [-0.3, -0.25) is 4.79 Å². The summed E-state index contributed by atoms with van der Waals surface area (Å²) in [5.74, 6) is -1.37. The minimum atomic E-state index is -3.93. The van der Waals surface area contributed by atoms with Crippen molar-refractivity contribution in [2.75, 3.05) is 11.1 Å². The molecule has 1 amide bonds. The third-order valence-corrected chi connectivity index (χ3v) is 4.27. The summed E-state index contributed by atoms with van der Waals surface area (Å²) >= 11 is 0. The van der Waals surface area contributed by atoms with Crippen LogP contribution >= 0.6 is 0 Å². The van der Waals surface area contributed by atoms with Gasteiger partial charge in [-0.05, 0) is 24.3 Å². The smallest absolute Gasteiger partial charge is 0.316 e. The maximum Gasteiger partial charge on any atom is 0.316 e. The van der Waals surface area contributed by atoms with Crippen LogP contribution < -0.4 is 5.32 Å². The van der Waals surface area contributed by atoms with Gasteiger partial charge in [0.05, 0.1) is 0 Å². The first kappa shape index (κ1) is 14.3. The first-order valence-electron chi connectivity index (χ1n) is 6.48. The molecular formula is C15H12N2O4S. The van der Waals surface area contributed by atoms with Crippen molar-refractivity contribution in [3.8, 4) is 0 Å². The quantitative estimate of drug-likeness (QED) is 0.797. The number of nitrogens with zero attached hydrogens (tertiary/aromatic N) is 1. The molecule has 1 aromatic heterocycles. The molecule has 6 nitrogen and oxygen atoms in total. The van der Waals surface area contributed by atoms with Crippen molar-refractivity contribution in [2.45, 2.75) is 5.22 Å². The lowest BCUT2D eigenvalue weighted by molar-refractivity contribution is -0.113. The maximum atomic E-state index is 12.2. The molecule has 0 saturated carbocycles. The molecular weight excluding hydrogens is 304 g/mol. The Bertz CT molecular complexity index is 884. The topological polar surface area (TPSA) is 89.3 Å². The van der Waals surface area contributed by atoms with Crippen molar-refractivity contribution in [1.29, 1.82) is 0 Å². The third kappa shape index (κ3) is 2.99. The number of hydrogen-bond donors (Lipinski definition) is 1. The zero-order valence-corrected chi connectivity index (χ0v) is 12.2. The van der Waals surface area contributed by atoms with Crippen LogP contribution in [-0.2, 0) is 14.6 Å². The Labute approximate surface area is 126 Å². The highest BCUT2D eigenvalue weighted by molar-refractivity contribution is 7.91. The fraction of sp³-hybridized carbons (Fsp3) is 0.0667. The lowest BCUT2D eigenvalue weighted by Gasteiger charge is -2.03. The van der Waals surface area contributed by atoms with Crippen LogP contribution in [0, 0.1) is 0 Å². The van der Waals surface area contributed by atoms with Gasteiger partial charge in [0.1, 0.15) is 11.3 Å². The number of para-hydroxylation sites is 3. The number of sulfone groups is 1. The Kier molecular flexibility index (Phi) is 3.64. The highest BCUT2D eigenvalue weighted by atomic mass is 32.2. The summed E-state index contributed by atoms with van der Waals surface area (Å²) in [5, 5.41) is 2.07. The summed E-state index contributed by atoms with van der Waals surface area (Å²) in [6, 6.07) is 15.3. The average molecular weight is 316 g/mol. The van der Waals surface area contributed by atoms with E-state index in [1.54, 1.807) is 54.6 Å². The van der Waals surface area contributed by atoms with Gasteiger partial charge in [0.25, 0.3) is 0 Å². The molecule has 112 valence electrons. The molecule has 0 aliphatic carbocycles. The molecule has 0 unspecified atom stereocenters. The van der Waals surface area contributed by atoms with Gasteiger partial charge in [-0.15, -0.1) is 0 Å². The van der Waals surface area contributed by atoms with E-state index in [0.29, 0.717) is 16.8 Å². The van der Waals surface area contributed by atoms with E-state index in [1.807, 2.05) is 0 Å². The molecule has 1 heterocycles. The molecule has 0 bridgehead atoms. The molecule has 0 saturated heterocycles. The number of fused-ring (bicyclic) bond motifs is 1. The van der Waals surface area contributed by atoms with Gasteiger partial charge in [-0.1, -0.05) is 30.3 Å². The zero-order chi connectivity index (χ0) is 15.6. The minimum absolute atomic E-state index is 0.365. The predicted octanol–water partition coefficient (Wildman–Crippen LogP) is 2.24. The first-order chi connectivity index (χ1) is 10.5. The van der Waals surface area contributed by atoms with E-state index in [0.717, 1.165) is 0 Å². The van der Waals surface area contributed by atoms with Crippen LogP contribution in [0.1, 0.15) is 0 Å². The van der Waals surface area contributed by atoms with Crippen molar-refractivity contribution in [2.24, 2.45) is 0 Å². The SMILES string of the molecule is O=C(CS(=O)(=O)c1nc2ccccc2o1)Nc1ccccc1. The molecule has 1 N–H and O–H groups in total. The zero-order valence-electron chi connectivity index (χ0n) is 11.4. The monoisotopic (exact) mass is 316 g/mol. The molecule has 0 aliphatic heterocycles. The van der Waals surface area contributed by atoms with Crippen LogP contribution in [0.4, 0.5) is 5.69 Å². The molecule has 0 radical (unpaired) electrons. The van der Waals surface area contributed by atoms with Crippen LogP contribution in [0.15, 0.2) is 64.2 Å². The average Bonchev–Trinajstić information content (AvgIpc) is 2.92. The summed E-state index contributed by atoms with van der Waals surface area (Å²) in [7, 11) is -3.93. The Morgan fingerprint density at radius 3 is 2.45 bits per heavy atom. The predicted molar refractivity (Wildman–Crippen MR) is 81.1 cm³/mol. The largest absolute Gasteiger partial charge is 0.428 e. The fourth-order valence-corrected chi connectivity index (χ4v) is 2.93. The standard InChI is InChI=1S/C15H12N2O4S/c18-14(16-11-6-2-1-3-7-11)10-22(19,20)15-17-12-8-4-5-9-13(12)21-15/h1-9H,10H2,(H,16,18). The lowest BCUT2D eigenvalue weighted by atomic mass is 10.3. The number of nitrogens with one attached hydrogen (secondary N) is 1. The van der Waals surface area contributed by atoms with Crippen LogP contribution in [0.25, 0.3) is 11.1 Å². The number of carbonyl (C=O) groups excluding carboxylic acids is 1. The summed E-state index contributed by atoms with van der Waals surface area (Å²) in [6.45, 7) is 0. The Morgan fingerprint density at radius 2 is 1.73 bits per heavy atom. The van der Waals surface area contributed by atoms with E-state index in [-0.39, 0.29) is 0 Å². The van der Waals surface area contributed by atoms with Crippen molar-refractivity contribution in [3.05, 3.63) is 54.6 Å². The van der Waals surface area contributed by atoms with Gasteiger partial charge in [-0.2, -0.15) is 4.98 Å². The fourth-order valence-electron chi connectivity index (χ4n) is 1.94. The van der Waals surface area contributed by atoms with Crippen LogP contribution in [0.2, 0.25) is 0 Å². The van der Waals surface area contributed by atoms with Crippen molar-refractivity contribution >= 4 is 32.5 Å². The van der Waals surface area contributed by atoms with E-state index in [2.05, 4.69) is 10.3 Å². The van der Waals surface area contributed by atoms with Crippen LogP contribution in [-0.4, -0.2) is 25.1 Å². The number of oxazole rings is 1. The van der Waals surface area contributed by atoms with E-state index in [1.165, 1.54) is 0 Å². The Balaban J connectivity index is 1.79. The highest BCUT2D eigenvalue weighted by Gasteiger charge is 2.25. The van der Waals surface area contributed by atoms with Crippen molar-refractivity contribution in [3.63, 3.8) is 0 Å². The van der Waals surface area contributed by atoms with E-state index in [4.69, 9.17) is 4.42 Å². The minimum Gasteiger partial charge on any atom is -0.428 e. The number of anilines is 1. The molecule has 0 aliphatic rings. The van der Waals surface area contributed by atoms with Crippen LogP contribution in [0.5, 0.6) is 0 Å². The number of carbonyl (C=O) groups is 1. The molecule has 7 heteroatoms. The lowest BCUT2D eigenvalue weighted by Crippen LogP contribution is -2.23. The third-order valence-electron chi connectivity index (χ3n) is 2.92. The molecule has 3 aromatic rings. The normalized spacial score (nSPS) is 11.5.